The maximum absolute atomic E-state index is 14.8. The van der Waals surface area contributed by atoms with Crippen LogP contribution in [0.1, 0.15) is 20.8 Å². The molecule has 0 saturated carbocycles. The van der Waals surface area contributed by atoms with Crippen molar-refractivity contribution in [2.75, 3.05) is 19.8 Å². The van der Waals surface area contributed by atoms with E-state index in [1.54, 1.807) is 0 Å². The van der Waals surface area contributed by atoms with Crippen molar-refractivity contribution in [2.24, 2.45) is 0 Å². The van der Waals surface area contributed by atoms with Crippen molar-refractivity contribution in [3.63, 3.8) is 0 Å². The fourth-order valence-electron chi connectivity index (χ4n) is 3.10. The van der Waals surface area contributed by atoms with Crippen molar-refractivity contribution < 1.29 is 119 Å². The highest BCUT2D eigenvalue weighted by Crippen LogP contribution is 2.67. The number of rotatable bonds is 17. The normalized spacial score (nSPS) is 17.0. The molecule has 0 amide bonds. The van der Waals surface area contributed by atoms with Gasteiger partial charge in [0.05, 0.1) is 0 Å². The summed E-state index contributed by atoms with van der Waals surface area (Å²) in [6.45, 7) is -1.56. The van der Waals surface area contributed by atoms with Crippen LogP contribution < -0.4 is 0 Å². The van der Waals surface area contributed by atoms with Crippen LogP contribution in [0.5, 0.6) is 0 Å². The van der Waals surface area contributed by atoms with Crippen LogP contribution >= 0.6 is 0 Å². The van der Waals surface area contributed by atoms with Crippen molar-refractivity contribution in [2.45, 2.75) is 92.0 Å². The molecule has 0 aromatic heterocycles. The van der Waals surface area contributed by atoms with E-state index >= 15 is 0 Å². The Morgan fingerprint density at radius 3 is 0.826 bits per heavy atom. The van der Waals surface area contributed by atoms with Crippen LogP contribution in [-0.4, -0.2) is 99.8 Å². The quantitative estimate of drug-likeness (QED) is 0.110. The van der Waals surface area contributed by atoms with Gasteiger partial charge in [-0.3, -0.25) is 0 Å². The third-order valence-electron chi connectivity index (χ3n) is 5.58. The Labute approximate surface area is 240 Å². The van der Waals surface area contributed by atoms with Crippen LogP contribution in [0.15, 0.2) is 0 Å². The fourth-order valence-corrected chi connectivity index (χ4v) is 5.56. The third-order valence-corrected chi connectivity index (χ3v) is 8.66. The van der Waals surface area contributed by atoms with E-state index in [0.29, 0.717) is 20.8 Å². The highest BCUT2D eigenvalue weighted by molar-refractivity contribution is 6.63. The smallest absolute Gasteiger partial charge is 0.370 e. The summed E-state index contributed by atoms with van der Waals surface area (Å²) in [6, 6.07) is 0. The van der Waals surface area contributed by atoms with Gasteiger partial charge in [0.1, 0.15) is 0 Å². The lowest BCUT2D eigenvalue weighted by molar-refractivity contribution is -0.476. The second-order valence-corrected chi connectivity index (χ2v) is 11.2. The van der Waals surface area contributed by atoms with E-state index in [1.165, 1.54) is 0 Å². The van der Waals surface area contributed by atoms with Gasteiger partial charge in [0.2, 0.25) is 6.17 Å². The lowest BCUT2D eigenvalue weighted by Gasteiger charge is -2.45. The van der Waals surface area contributed by atoms with Gasteiger partial charge < -0.3 is 13.3 Å². The molecule has 0 aliphatic rings. The molecule has 28 heteroatoms. The predicted molar refractivity (Wildman–Crippen MR) is 101 cm³/mol. The van der Waals surface area contributed by atoms with Crippen LogP contribution in [0.2, 0.25) is 0 Å². The molecule has 0 radical (unpaired) electrons. The molecule has 0 aliphatic heterocycles. The maximum atomic E-state index is 14.8. The van der Waals surface area contributed by atoms with Crippen molar-refractivity contribution in [3.8, 4) is 0 Å². The van der Waals surface area contributed by atoms with Gasteiger partial charge in [0, 0.05) is 19.8 Å². The van der Waals surface area contributed by atoms with Gasteiger partial charge in [0.15, 0.2) is 0 Å². The minimum Gasteiger partial charge on any atom is -0.370 e. The zero-order valence-corrected chi connectivity index (χ0v) is 23.0. The van der Waals surface area contributed by atoms with E-state index in [4.69, 9.17) is 0 Å². The highest BCUT2D eigenvalue weighted by atomic mass is 28.4. The summed E-state index contributed by atoms with van der Waals surface area (Å²) in [5.74, 6) is -81.9. The summed E-state index contributed by atoms with van der Waals surface area (Å²) >= 11 is 0. The average molecular weight is 764 g/mol. The van der Waals surface area contributed by atoms with Crippen LogP contribution in [-0.2, 0) is 13.3 Å². The molecule has 1 atom stereocenters. The minimum absolute atomic E-state index is 0.677. The topological polar surface area (TPSA) is 27.7 Å². The Kier molecular flexibility index (Phi) is 12.0. The Hall–Kier alpha value is -1.58. The van der Waals surface area contributed by atoms with Gasteiger partial charge in [-0.05, 0) is 20.8 Å². The highest BCUT2D eigenvalue weighted by Gasteiger charge is 2.98. The molecule has 1 unspecified atom stereocenters. The number of alkyl halides is 24. The SMILES string of the molecule is CCO[Si](OCC)(OCC)C(F)(F)C(F)C(F)(F)C(F)(F)C(F)(F)C(F)(F)C(F)(F)C(F)(F)C(F)(F)C(F)(F)C(F)(F)C(F)(F)F. The molecular weight excluding hydrogens is 748 g/mol. The van der Waals surface area contributed by atoms with Crippen LogP contribution in [0.3, 0.4) is 0 Å². The van der Waals surface area contributed by atoms with Gasteiger partial charge >= 0.3 is 73.8 Å². The van der Waals surface area contributed by atoms with Gasteiger partial charge in [0.25, 0.3) is 0 Å². The number of hydrogen-bond acceptors (Lipinski definition) is 3. The second kappa shape index (κ2) is 12.4. The molecule has 46 heavy (non-hydrogen) atoms. The van der Waals surface area contributed by atoms with Gasteiger partial charge in [-0.25, -0.2) is 4.39 Å². The van der Waals surface area contributed by atoms with Crippen LogP contribution in [0, 0.1) is 0 Å². The van der Waals surface area contributed by atoms with Crippen molar-refractivity contribution >= 4 is 8.80 Å². The summed E-state index contributed by atoms with van der Waals surface area (Å²) in [4.78, 5) is 0. The maximum Gasteiger partial charge on any atom is 0.578 e. The third kappa shape index (κ3) is 5.76. The molecule has 3 nitrogen and oxygen atoms in total. The van der Waals surface area contributed by atoms with Gasteiger partial charge in [-0.1, -0.05) is 0 Å². The Morgan fingerprint density at radius 1 is 0.391 bits per heavy atom. The van der Waals surface area contributed by atoms with Crippen LogP contribution in [0.4, 0.5) is 105 Å². The first-order valence-corrected chi connectivity index (χ1v) is 13.0. The molecule has 0 aromatic carbocycles. The van der Waals surface area contributed by atoms with Crippen molar-refractivity contribution in [1.82, 2.24) is 0 Å². The van der Waals surface area contributed by atoms with E-state index in [9.17, 15) is 105 Å². The molecule has 0 N–H and O–H groups in total. The van der Waals surface area contributed by atoms with E-state index in [-0.39, 0.29) is 0 Å². The summed E-state index contributed by atoms with van der Waals surface area (Å²) in [6.07, 6.45) is -14.5. The van der Waals surface area contributed by atoms with Gasteiger partial charge in [-0.2, -0.15) is 101 Å². The molecule has 0 rings (SSSR count). The molecule has 0 aromatic rings. The predicted octanol–water partition coefficient (Wildman–Crippen LogP) is 8.83. The fraction of sp³-hybridized carbons (Fsp3) is 1.00. The minimum atomic E-state index is -9.51. The molecule has 278 valence electrons. The summed E-state index contributed by atoms with van der Waals surface area (Å²) in [5, 5.41) is 0. The molecule has 0 saturated heterocycles. The summed E-state index contributed by atoms with van der Waals surface area (Å²) in [7, 11) is -6.59. The molecule has 0 heterocycles. The monoisotopic (exact) mass is 764 g/mol. The standard InChI is InChI=1S/C18H16F24O3Si/c1-4-43-46(44-5-2,45-6-3)9(22,23)7(19)8(20,21)10(24,25)11(26,27)12(28,29)13(30,31)14(32,33)15(34,35)16(36,37)17(38,39)18(40,41)42/h7H,4-6H2,1-3H3. The zero-order chi connectivity index (χ0) is 37.8. The van der Waals surface area contributed by atoms with E-state index in [1.807, 2.05) is 0 Å². The van der Waals surface area contributed by atoms with Crippen LogP contribution in [0.25, 0.3) is 0 Å². The average Bonchev–Trinajstić information content (AvgIpc) is 2.86. The first kappa shape index (κ1) is 44.4. The Balaban J connectivity index is 7.40. The molecular formula is C18H16F24O3Si. The first-order chi connectivity index (χ1) is 19.8. The zero-order valence-electron chi connectivity index (χ0n) is 22.0. The van der Waals surface area contributed by atoms with E-state index in [0.717, 1.165) is 0 Å². The lowest BCUT2D eigenvalue weighted by atomic mass is 9.85. The molecule has 0 aliphatic carbocycles. The lowest BCUT2D eigenvalue weighted by Crippen LogP contribution is -2.78. The Morgan fingerprint density at radius 2 is 0.609 bits per heavy atom. The molecule has 0 bridgehead atoms. The number of halogens is 24. The van der Waals surface area contributed by atoms with E-state index in [2.05, 4.69) is 13.3 Å². The molecule has 0 spiro atoms. The number of hydrogen-bond donors (Lipinski definition) is 0. The molecule has 0 fully saturated rings. The largest absolute Gasteiger partial charge is 0.578 e. The van der Waals surface area contributed by atoms with Crippen molar-refractivity contribution in [3.05, 3.63) is 0 Å². The second-order valence-electron chi connectivity index (χ2n) is 8.56. The summed E-state index contributed by atoms with van der Waals surface area (Å²) in [5.41, 5.74) is -6.52. The van der Waals surface area contributed by atoms with E-state index < -0.39 is 99.8 Å². The Bertz CT molecular complexity index is 1020. The summed E-state index contributed by atoms with van der Waals surface area (Å²) < 4.78 is 340. The van der Waals surface area contributed by atoms with Crippen molar-refractivity contribution in [1.29, 1.82) is 0 Å². The van der Waals surface area contributed by atoms with Gasteiger partial charge in [-0.15, -0.1) is 0 Å². The first-order valence-electron chi connectivity index (χ1n) is 11.2.